The first-order chi connectivity index (χ1) is 10.5. The van der Waals surface area contributed by atoms with Crippen LogP contribution in [0.3, 0.4) is 0 Å². The third kappa shape index (κ3) is 4.35. The van der Waals surface area contributed by atoms with E-state index in [4.69, 9.17) is 4.74 Å². The average Bonchev–Trinajstić information content (AvgIpc) is 2.49. The van der Waals surface area contributed by atoms with Gasteiger partial charge in [0.2, 0.25) is 0 Å². The van der Waals surface area contributed by atoms with Gasteiger partial charge in [-0.25, -0.2) is 0 Å². The van der Waals surface area contributed by atoms with Gasteiger partial charge < -0.3 is 10.1 Å². The number of carbonyl (C=O) groups is 1. The van der Waals surface area contributed by atoms with Gasteiger partial charge in [0.15, 0.2) is 0 Å². The van der Waals surface area contributed by atoms with Crippen molar-refractivity contribution in [1.29, 1.82) is 0 Å². The predicted molar refractivity (Wildman–Crippen MR) is 90.6 cm³/mol. The van der Waals surface area contributed by atoms with Gasteiger partial charge in [0.05, 0.1) is 6.61 Å². The SMILES string of the molecule is Cc1ccc(NC(=O)c2ccc(OCC(C)C)cc2)cc1C. The molecule has 0 heterocycles. The molecule has 0 aromatic heterocycles. The maximum Gasteiger partial charge on any atom is 0.255 e. The zero-order valence-corrected chi connectivity index (χ0v) is 13.6. The van der Waals surface area contributed by atoms with Crippen molar-refractivity contribution in [2.75, 3.05) is 11.9 Å². The molecule has 0 unspecified atom stereocenters. The number of nitrogens with one attached hydrogen (secondary N) is 1. The molecule has 0 aliphatic heterocycles. The first kappa shape index (κ1) is 16.1. The number of benzene rings is 2. The summed E-state index contributed by atoms with van der Waals surface area (Å²) in [6.07, 6.45) is 0. The van der Waals surface area contributed by atoms with Crippen molar-refractivity contribution in [3.63, 3.8) is 0 Å². The Labute approximate surface area is 132 Å². The Morgan fingerprint density at radius 1 is 1.05 bits per heavy atom. The Balaban J connectivity index is 2.01. The molecular formula is C19H23NO2. The number of amides is 1. The van der Waals surface area contributed by atoms with Crippen LogP contribution < -0.4 is 10.1 Å². The average molecular weight is 297 g/mol. The number of carbonyl (C=O) groups excluding carboxylic acids is 1. The summed E-state index contributed by atoms with van der Waals surface area (Å²) in [5.41, 5.74) is 3.81. The van der Waals surface area contributed by atoms with Crippen molar-refractivity contribution in [2.24, 2.45) is 5.92 Å². The van der Waals surface area contributed by atoms with E-state index in [0.29, 0.717) is 18.1 Å². The van der Waals surface area contributed by atoms with Crippen molar-refractivity contribution in [3.05, 3.63) is 59.2 Å². The van der Waals surface area contributed by atoms with E-state index in [1.165, 1.54) is 5.56 Å². The summed E-state index contributed by atoms with van der Waals surface area (Å²) >= 11 is 0. The highest BCUT2D eigenvalue weighted by Crippen LogP contribution is 2.17. The summed E-state index contributed by atoms with van der Waals surface area (Å²) < 4.78 is 5.62. The molecule has 0 saturated heterocycles. The van der Waals surface area contributed by atoms with Gasteiger partial charge in [-0.15, -0.1) is 0 Å². The number of rotatable bonds is 5. The molecule has 0 radical (unpaired) electrons. The first-order valence-electron chi connectivity index (χ1n) is 7.57. The van der Waals surface area contributed by atoms with Crippen molar-refractivity contribution >= 4 is 11.6 Å². The summed E-state index contributed by atoms with van der Waals surface area (Å²) in [7, 11) is 0. The van der Waals surface area contributed by atoms with Gasteiger partial charge in [0.1, 0.15) is 5.75 Å². The molecule has 0 saturated carbocycles. The molecule has 116 valence electrons. The van der Waals surface area contributed by atoms with Crippen LogP contribution in [0, 0.1) is 19.8 Å². The van der Waals surface area contributed by atoms with Crippen LogP contribution in [0.1, 0.15) is 35.3 Å². The lowest BCUT2D eigenvalue weighted by Gasteiger charge is -2.10. The zero-order valence-electron chi connectivity index (χ0n) is 13.6. The molecule has 0 spiro atoms. The highest BCUT2D eigenvalue weighted by Gasteiger charge is 2.07. The minimum atomic E-state index is -0.112. The molecule has 2 rings (SSSR count). The largest absolute Gasteiger partial charge is 0.493 e. The van der Waals surface area contributed by atoms with E-state index in [9.17, 15) is 4.79 Å². The minimum Gasteiger partial charge on any atom is -0.493 e. The molecule has 2 aromatic rings. The smallest absolute Gasteiger partial charge is 0.255 e. The third-order valence-electron chi connectivity index (χ3n) is 3.46. The Morgan fingerprint density at radius 3 is 2.32 bits per heavy atom. The molecule has 0 fully saturated rings. The van der Waals surface area contributed by atoms with Crippen LogP contribution >= 0.6 is 0 Å². The van der Waals surface area contributed by atoms with Crippen LogP contribution in [0.15, 0.2) is 42.5 Å². The Kier molecular flexibility index (Phi) is 5.21. The van der Waals surface area contributed by atoms with Gasteiger partial charge >= 0.3 is 0 Å². The summed E-state index contributed by atoms with van der Waals surface area (Å²) in [5, 5.41) is 2.92. The molecule has 1 amide bonds. The molecule has 0 atom stereocenters. The summed E-state index contributed by atoms with van der Waals surface area (Å²) in [4.78, 5) is 12.2. The van der Waals surface area contributed by atoms with Crippen molar-refractivity contribution in [2.45, 2.75) is 27.7 Å². The molecule has 3 heteroatoms. The van der Waals surface area contributed by atoms with E-state index < -0.39 is 0 Å². The van der Waals surface area contributed by atoms with Crippen LogP contribution in [-0.2, 0) is 0 Å². The van der Waals surface area contributed by atoms with Gasteiger partial charge in [0.25, 0.3) is 5.91 Å². The Morgan fingerprint density at radius 2 is 1.73 bits per heavy atom. The van der Waals surface area contributed by atoms with Crippen molar-refractivity contribution in [3.8, 4) is 5.75 Å². The van der Waals surface area contributed by atoms with Gasteiger partial charge in [-0.05, 0) is 67.3 Å². The maximum atomic E-state index is 12.2. The fraction of sp³-hybridized carbons (Fsp3) is 0.316. The Bertz CT molecular complexity index is 645. The zero-order chi connectivity index (χ0) is 16.1. The number of anilines is 1. The molecule has 0 aliphatic rings. The number of hydrogen-bond donors (Lipinski definition) is 1. The van der Waals surface area contributed by atoms with E-state index in [1.807, 2.05) is 37.3 Å². The lowest BCUT2D eigenvalue weighted by Crippen LogP contribution is -2.12. The van der Waals surface area contributed by atoms with Gasteiger partial charge in [-0.2, -0.15) is 0 Å². The van der Waals surface area contributed by atoms with E-state index in [2.05, 4.69) is 26.1 Å². The molecule has 2 aromatic carbocycles. The molecule has 0 bridgehead atoms. The topological polar surface area (TPSA) is 38.3 Å². The van der Waals surface area contributed by atoms with Crippen LogP contribution in [-0.4, -0.2) is 12.5 Å². The van der Waals surface area contributed by atoms with Crippen LogP contribution in [0.2, 0.25) is 0 Å². The summed E-state index contributed by atoms with van der Waals surface area (Å²) in [6.45, 7) is 8.97. The molecule has 22 heavy (non-hydrogen) atoms. The second-order valence-electron chi connectivity index (χ2n) is 5.98. The second kappa shape index (κ2) is 7.12. The molecule has 1 N–H and O–H groups in total. The summed E-state index contributed by atoms with van der Waals surface area (Å²) in [6, 6.07) is 13.1. The second-order valence-corrected chi connectivity index (χ2v) is 5.98. The lowest BCUT2D eigenvalue weighted by atomic mass is 10.1. The predicted octanol–water partition coefficient (Wildman–Crippen LogP) is 4.59. The minimum absolute atomic E-state index is 0.112. The fourth-order valence-corrected chi connectivity index (χ4v) is 1.99. The van der Waals surface area contributed by atoms with Crippen molar-refractivity contribution in [1.82, 2.24) is 0 Å². The van der Waals surface area contributed by atoms with E-state index in [1.54, 1.807) is 12.1 Å². The van der Waals surface area contributed by atoms with Crippen molar-refractivity contribution < 1.29 is 9.53 Å². The van der Waals surface area contributed by atoms with Gasteiger partial charge in [-0.1, -0.05) is 19.9 Å². The highest BCUT2D eigenvalue weighted by molar-refractivity contribution is 6.04. The van der Waals surface area contributed by atoms with Gasteiger partial charge in [-0.3, -0.25) is 4.79 Å². The standard InChI is InChI=1S/C19H23NO2/c1-13(2)12-22-18-9-6-16(7-10-18)19(21)20-17-8-5-14(3)15(4)11-17/h5-11,13H,12H2,1-4H3,(H,20,21). The first-order valence-corrected chi connectivity index (χ1v) is 7.57. The summed E-state index contributed by atoms with van der Waals surface area (Å²) in [5.74, 6) is 1.16. The maximum absolute atomic E-state index is 12.2. The monoisotopic (exact) mass is 297 g/mol. The quantitative estimate of drug-likeness (QED) is 0.876. The van der Waals surface area contributed by atoms with E-state index in [-0.39, 0.29) is 5.91 Å². The van der Waals surface area contributed by atoms with Gasteiger partial charge in [0, 0.05) is 11.3 Å². The van der Waals surface area contributed by atoms with Crippen LogP contribution in [0.4, 0.5) is 5.69 Å². The van der Waals surface area contributed by atoms with E-state index in [0.717, 1.165) is 17.0 Å². The normalized spacial score (nSPS) is 10.6. The van der Waals surface area contributed by atoms with Crippen LogP contribution in [0.25, 0.3) is 0 Å². The number of aryl methyl sites for hydroxylation is 2. The molecule has 3 nitrogen and oxygen atoms in total. The van der Waals surface area contributed by atoms with Crippen LogP contribution in [0.5, 0.6) is 5.75 Å². The molecular weight excluding hydrogens is 274 g/mol. The lowest BCUT2D eigenvalue weighted by molar-refractivity contribution is 0.102. The third-order valence-corrected chi connectivity index (χ3v) is 3.46. The van der Waals surface area contributed by atoms with E-state index >= 15 is 0 Å². The number of ether oxygens (including phenoxy) is 1. The fourth-order valence-electron chi connectivity index (χ4n) is 1.99. The highest BCUT2D eigenvalue weighted by atomic mass is 16.5. The molecule has 0 aliphatic carbocycles. The number of hydrogen-bond acceptors (Lipinski definition) is 2. The Hall–Kier alpha value is -2.29.